The summed E-state index contributed by atoms with van der Waals surface area (Å²) < 4.78 is 6.70. The van der Waals surface area contributed by atoms with Gasteiger partial charge in [0.05, 0.1) is 17.2 Å². The van der Waals surface area contributed by atoms with Gasteiger partial charge in [0.15, 0.2) is 0 Å². The van der Waals surface area contributed by atoms with Crippen molar-refractivity contribution in [1.82, 2.24) is 0 Å². The first-order valence-electron chi connectivity index (χ1n) is 8.48. The Morgan fingerprint density at radius 3 is 2.14 bits per heavy atom. The summed E-state index contributed by atoms with van der Waals surface area (Å²) >= 11 is 3.39. The Kier molecular flexibility index (Phi) is 6.25. The Hall–Kier alpha value is -3.36. The summed E-state index contributed by atoms with van der Waals surface area (Å²) in [5, 5.41) is 18.4. The summed E-state index contributed by atoms with van der Waals surface area (Å²) in [6.45, 7) is 0.345. The van der Waals surface area contributed by atoms with Crippen molar-refractivity contribution in [3.8, 4) is 11.8 Å². The summed E-state index contributed by atoms with van der Waals surface area (Å²) in [6, 6.07) is 23.9. The molecule has 0 amide bonds. The highest BCUT2D eigenvalue weighted by Crippen LogP contribution is 2.22. The van der Waals surface area contributed by atoms with E-state index >= 15 is 0 Å². The molecule has 3 aromatic carbocycles. The maximum absolute atomic E-state index is 10.9. The monoisotopic (exact) mass is 433 g/mol. The number of allylic oxidation sites excluding steroid dienone is 1. The lowest BCUT2D eigenvalue weighted by atomic mass is 10.0. The molecule has 0 fully saturated rings. The molecule has 0 saturated carbocycles. The molecule has 0 heterocycles. The molecule has 3 aromatic rings. The van der Waals surface area contributed by atoms with Crippen molar-refractivity contribution in [3.63, 3.8) is 0 Å². The minimum absolute atomic E-state index is 0.249. The van der Waals surface area contributed by atoms with Crippen LogP contribution in [0.3, 0.4) is 0 Å². The summed E-state index contributed by atoms with van der Waals surface area (Å²) in [6.07, 6.45) is 1.83. The molecule has 0 unspecified atom stereocenters. The van der Waals surface area contributed by atoms with E-state index in [1.165, 1.54) is 0 Å². The highest BCUT2D eigenvalue weighted by atomic mass is 79.9. The van der Waals surface area contributed by atoms with Crippen molar-refractivity contribution < 1.29 is 14.6 Å². The fourth-order valence-electron chi connectivity index (χ4n) is 2.55. The van der Waals surface area contributed by atoms with Gasteiger partial charge in [0.25, 0.3) is 0 Å². The number of nitriles is 1. The average molecular weight is 434 g/mol. The van der Waals surface area contributed by atoms with Crippen molar-refractivity contribution in [2.24, 2.45) is 0 Å². The van der Waals surface area contributed by atoms with E-state index in [1.54, 1.807) is 24.3 Å². The molecule has 4 nitrogen and oxygen atoms in total. The van der Waals surface area contributed by atoms with Crippen LogP contribution in [0.5, 0.6) is 5.75 Å². The van der Waals surface area contributed by atoms with E-state index in [0.29, 0.717) is 17.9 Å². The van der Waals surface area contributed by atoms with Gasteiger partial charge in [0, 0.05) is 4.47 Å². The first kappa shape index (κ1) is 19.4. The summed E-state index contributed by atoms with van der Waals surface area (Å²) in [4.78, 5) is 10.9. The normalized spacial score (nSPS) is 10.9. The number of carboxylic acids is 1. The van der Waals surface area contributed by atoms with Crippen molar-refractivity contribution >= 4 is 33.5 Å². The molecule has 5 heteroatoms. The third-order valence-electron chi connectivity index (χ3n) is 4.07. The molecule has 1 N–H and O–H groups in total. The molecular weight excluding hydrogens is 418 g/mol. The lowest BCUT2D eigenvalue weighted by Crippen LogP contribution is -1.98. The molecule has 138 valence electrons. The number of hydrogen-bond acceptors (Lipinski definition) is 3. The van der Waals surface area contributed by atoms with Crippen LogP contribution < -0.4 is 4.74 Å². The van der Waals surface area contributed by atoms with Crippen LogP contribution in [0.4, 0.5) is 0 Å². The standard InChI is InChI=1S/C23H16BrNO3/c24-21-9-7-18(8-10-21)20(14-25)13-16-3-11-22(12-4-16)28-15-17-1-5-19(6-2-17)23(26)27/h1-13H,15H2,(H,26,27)/b20-13+. The molecule has 0 aliphatic rings. The van der Waals surface area contributed by atoms with Crippen LogP contribution in [0, 0.1) is 11.3 Å². The second-order valence-corrected chi connectivity index (χ2v) is 6.95. The first-order valence-corrected chi connectivity index (χ1v) is 9.27. The van der Waals surface area contributed by atoms with Crippen LogP contribution in [0.2, 0.25) is 0 Å². The number of hydrogen-bond donors (Lipinski definition) is 1. The Balaban J connectivity index is 1.66. The second kappa shape index (κ2) is 9.03. The molecular formula is C23H16BrNO3. The maximum atomic E-state index is 10.9. The molecule has 0 bridgehead atoms. The van der Waals surface area contributed by atoms with E-state index in [9.17, 15) is 10.1 Å². The van der Waals surface area contributed by atoms with Gasteiger partial charge in [-0.05, 0) is 59.2 Å². The van der Waals surface area contributed by atoms with Gasteiger partial charge in [-0.15, -0.1) is 0 Å². The summed E-state index contributed by atoms with van der Waals surface area (Å²) in [5.41, 5.74) is 3.48. The number of halogens is 1. The molecule has 3 rings (SSSR count). The molecule has 0 radical (unpaired) electrons. The number of nitrogens with zero attached hydrogens (tertiary/aromatic N) is 1. The largest absolute Gasteiger partial charge is 0.489 e. The van der Waals surface area contributed by atoms with E-state index in [2.05, 4.69) is 22.0 Å². The van der Waals surface area contributed by atoms with Crippen molar-refractivity contribution in [1.29, 1.82) is 5.26 Å². The van der Waals surface area contributed by atoms with Gasteiger partial charge < -0.3 is 9.84 Å². The molecule has 0 saturated heterocycles. The van der Waals surface area contributed by atoms with Crippen LogP contribution in [0.25, 0.3) is 11.6 Å². The van der Waals surface area contributed by atoms with Crippen LogP contribution in [0.1, 0.15) is 27.0 Å². The fraction of sp³-hybridized carbons (Fsp3) is 0.0435. The number of ether oxygens (including phenoxy) is 1. The van der Waals surface area contributed by atoms with Crippen molar-refractivity contribution in [3.05, 3.63) is 99.5 Å². The number of benzene rings is 3. The molecule has 0 atom stereocenters. The van der Waals surface area contributed by atoms with E-state index < -0.39 is 5.97 Å². The number of aromatic carboxylic acids is 1. The minimum atomic E-state index is -0.948. The first-order chi connectivity index (χ1) is 13.5. The molecule has 0 aliphatic heterocycles. The predicted octanol–water partition coefficient (Wildman–Crippen LogP) is 5.79. The van der Waals surface area contributed by atoms with Crippen LogP contribution >= 0.6 is 15.9 Å². The van der Waals surface area contributed by atoms with E-state index in [1.807, 2.05) is 54.6 Å². The molecule has 0 spiro atoms. The number of carbonyl (C=O) groups is 1. The molecule has 0 aliphatic carbocycles. The fourth-order valence-corrected chi connectivity index (χ4v) is 2.81. The number of rotatable bonds is 6. The topological polar surface area (TPSA) is 70.3 Å². The van der Waals surface area contributed by atoms with Crippen molar-refractivity contribution in [2.45, 2.75) is 6.61 Å². The third-order valence-corrected chi connectivity index (χ3v) is 4.60. The van der Waals surface area contributed by atoms with E-state index in [0.717, 1.165) is 21.2 Å². The van der Waals surface area contributed by atoms with Crippen LogP contribution in [0.15, 0.2) is 77.3 Å². The average Bonchev–Trinajstić information content (AvgIpc) is 2.72. The zero-order chi connectivity index (χ0) is 19.9. The highest BCUT2D eigenvalue weighted by molar-refractivity contribution is 9.10. The lowest BCUT2D eigenvalue weighted by Gasteiger charge is -2.07. The molecule has 0 aromatic heterocycles. The van der Waals surface area contributed by atoms with E-state index in [4.69, 9.17) is 9.84 Å². The van der Waals surface area contributed by atoms with E-state index in [-0.39, 0.29) is 5.56 Å². The zero-order valence-corrected chi connectivity index (χ0v) is 16.4. The summed E-state index contributed by atoms with van der Waals surface area (Å²) in [7, 11) is 0. The quantitative estimate of drug-likeness (QED) is 0.394. The SMILES string of the molecule is N#C/C(=C\c1ccc(OCc2ccc(C(=O)O)cc2)cc1)c1ccc(Br)cc1. The lowest BCUT2D eigenvalue weighted by molar-refractivity contribution is 0.0697. The maximum Gasteiger partial charge on any atom is 0.335 e. The van der Waals surface area contributed by atoms with Gasteiger partial charge in [0.2, 0.25) is 0 Å². The van der Waals surface area contributed by atoms with Crippen LogP contribution in [-0.4, -0.2) is 11.1 Å². The van der Waals surface area contributed by atoms with Crippen molar-refractivity contribution in [2.75, 3.05) is 0 Å². The Morgan fingerprint density at radius 2 is 1.57 bits per heavy atom. The zero-order valence-electron chi connectivity index (χ0n) is 14.8. The third kappa shape index (κ3) is 5.09. The number of carboxylic acid groups (broad SMARTS) is 1. The Bertz CT molecular complexity index is 1030. The predicted molar refractivity (Wildman–Crippen MR) is 112 cm³/mol. The Morgan fingerprint density at radius 1 is 0.964 bits per heavy atom. The highest BCUT2D eigenvalue weighted by Gasteiger charge is 2.04. The second-order valence-electron chi connectivity index (χ2n) is 6.04. The van der Waals surface area contributed by atoms with Gasteiger partial charge in [-0.3, -0.25) is 0 Å². The van der Waals surface area contributed by atoms with Gasteiger partial charge in [-0.2, -0.15) is 5.26 Å². The van der Waals surface area contributed by atoms with Crippen LogP contribution in [-0.2, 0) is 6.61 Å². The molecule has 28 heavy (non-hydrogen) atoms. The van der Waals surface area contributed by atoms with Gasteiger partial charge in [-0.25, -0.2) is 4.79 Å². The Labute approximate surface area is 171 Å². The smallest absolute Gasteiger partial charge is 0.335 e. The summed E-state index contributed by atoms with van der Waals surface area (Å²) in [5.74, 6) is -0.252. The van der Waals surface area contributed by atoms with Gasteiger partial charge in [-0.1, -0.05) is 52.3 Å². The van der Waals surface area contributed by atoms with Gasteiger partial charge in [0.1, 0.15) is 12.4 Å². The van der Waals surface area contributed by atoms with Gasteiger partial charge >= 0.3 is 5.97 Å². The minimum Gasteiger partial charge on any atom is -0.489 e.